The van der Waals surface area contributed by atoms with Crippen molar-refractivity contribution in [1.82, 2.24) is 9.80 Å². The van der Waals surface area contributed by atoms with E-state index in [2.05, 4.69) is 30.3 Å². The van der Waals surface area contributed by atoms with Crippen LogP contribution in [0.2, 0.25) is 0 Å². The van der Waals surface area contributed by atoms with E-state index in [1.54, 1.807) is 9.80 Å². The molecule has 2 heterocycles. The van der Waals surface area contributed by atoms with Crippen LogP contribution >= 0.6 is 0 Å². The Kier molecular flexibility index (Phi) is 5.23. The second-order valence-electron chi connectivity index (χ2n) is 7.67. The number of hydrogen-bond donors (Lipinski definition) is 0. The Labute approximate surface area is 160 Å². The molecule has 2 aromatic carbocycles. The van der Waals surface area contributed by atoms with Crippen LogP contribution in [-0.4, -0.2) is 41.2 Å². The maximum Gasteiger partial charge on any atom is 0.312 e. The molecule has 0 radical (unpaired) electrons. The number of carbonyl (C=O) groups is 2. The fraction of sp³-hybridized carbons (Fsp3) is 0.391. The van der Waals surface area contributed by atoms with Gasteiger partial charge in [0.1, 0.15) is 0 Å². The second kappa shape index (κ2) is 7.95. The van der Waals surface area contributed by atoms with Gasteiger partial charge in [-0.25, -0.2) is 0 Å². The van der Waals surface area contributed by atoms with E-state index in [9.17, 15) is 9.59 Å². The number of nitrogens with zero attached hydrogens (tertiary/aromatic N) is 2. The van der Waals surface area contributed by atoms with E-state index >= 15 is 0 Å². The van der Waals surface area contributed by atoms with Crippen LogP contribution in [-0.2, 0) is 29.0 Å². The number of benzene rings is 2. The average molecular weight is 362 g/mol. The number of amides is 2. The van der Waals surface area contributed by atoms with E-state index in [0.29, 0.717) is 32.1 Å². The summed E-state index contributed by atoms with van der Waals surface area (Å²) in [6, 6.07) is 18.7. The number of rotatable bonds is 2. The predicted molar refractivity (Wildman–Crippen MR) is 105 cm³/mol. The van der Waals surface area contributed by atoms with Crippen LogP contribution in [0.3, 0.4) is 0 Å². The van der Waals surface area contributed by atoms with Gasteiger partial charge in [0.05, 0.1) is 0 Å². The van der Waals surface area contributed by atoms with Gasteiger partial charge in [0.15, 0.2) is 0 Å². The fourth-order valence-electron chi connectivity index (χ4n) is 4.23. The molecule has 1 saturated heterocycles. The summed E-state index contributed by atoms with van der Waals surface area (Å²) in [5.41, 5.74) is 3.80. The lowest BCUT2D eigenvalue weighted by atomic mass is 9.90. The highest BCUT2D eigenvalue weighted by atomic mass is 16.2. The van der Waals surface area contributed by atoms with E-state index < -0.39 is 0 Å². The largest absolute Gasteiger partial charge is 0.334 e. The third-order valence-corrected chi connectivity index (χ3v) is 5.87. The Bertz CT molecular complexity index is 810. The first kappa shape index (κ1) is 17.8. The molecule has 2 aliphatic rings. The average Bonchev–Trinajstić information content (AvgIpc) is 2.73. The highest BCUT2D eigenvalue weighted by Crippen LogP contribution is 2.23. The van der Waals surface area contributed by atoms with Crippen LogP contribution in [0, 0.1) is 5.92 Å². The van der Waals surface area contributed by atoms with Crippen molar-refractivity contribution in [2.75, 3.05) is 19.6 Å². The highest BCUT2D eigenvalue weighted by molar-refractivity contribution is 6.34. The van der Waals surface area contributed by atoms with Gasteiger partial charge < -0.3 is 9.80 Å². The summed E-state index contributed by atoms with van der Waals surface area (Å²) in [6.45, 7) is 2.55. The molecule has 0 atom stereocenters. The number of hydrogen-bond acceptors (Lipinski definition) is 2. The summed E-state index contributed by atoms with van der Waals surface area (Å²) in [4.78, 5) is 28.9. The third kappa shape index (κ3) is 4.05. The molecule has 2 amide bonds. The quantitative estimate of drug-likeness (QED) is 0.771. The molecule has 27 heavy (non-hydrogen) atoms. The maximum absolute atomic E-state index is 12.7. The molecule has 2 aliphatic heterocycles. The molecule has 1 fully saturated rings. The molecule has 0 N–H and O–H groups in total. The lowest BCUT2D eigenvalue weighted by molar-refractivity contribution is -0.153. The Morgan fingerprint density at radius 3 is 2.15 bits per heavy atom. The zero-order chi connectivity index (χ0) is 18.6. The first-order valence-corrected chi connectivity index (χ1v) is 9.89. The lowest BCUT2D eigenvalue weighted by Gasteiger charge is -2.34. The summed E-state index contributed by atoms with van der Waals surface area (Å²) in [5, 5.41) is 0. The Hall–Kier alpha value is -2.62. The molecule has 0 unspecified atom stereocenters. The first-order chi connectivity index (χ1) is 13.2. The van der Waals surface area contributed by atoms with E-state index in [1.165, 1.54) is 11.1 Å². The van der Waals surface area contributed by atoms with Crippen molar-refractivity contribution in [3.05, 3.63) is 71.3 Å². The molecule has 2 aromatic rings. The van der Waals surface area contributed by atoms with Crippen LogP contribution in [0.15, 0.2) is 54.6 Å². The summed E-state index contributed by atoms with van der Waals surface area (Å²) in [5.74, 6) is -0.0769. The van der Waals surface area contributed by atoms with E-state index in [4.69, 9.17) is 0 Å². The SMILES string of the molecule is O=C(C(=O)N1CCc2ccccc2C1)N1CCC(Cc2ccccc2)CC1. The molecule has 0 aromatic heterocycles. The fourth-order valence-corrected chi connectivity index (χ4v) is 4.23. The van der Waals surface area contributed by atoms with Crippen molar-refractivity contribution in [3.63, 3.8) is 0 Å². The van der Waals surface area contributed by atoms with Gasteiger partial charge in [-0.3, -0.25) is 9.59 Å². The molecular formula is C23H26N2O2. The Morgan fingerprint density at radius 2 is 1.41 bits per heavy atom. The monoisotopic (exact) mass is 362 g/mol. The smallest absolute Gasteiger partial charge is 0.312 e. The van der Waals surface area contributed by atoms with Crippen LogP contribution in [0.5, 0.6) is 0 Å². The van der Waals surface area contributed by atoms with Crippen LogP contribution < -0.4 is 0 Å². The van der Waals surface area contributed by atoms with Crippen molar-refractivity contribution < 1.29 is 9.59 Å². The minimum Gasteiger partial charge on any atom is -0.334 e. The molecule has 140 valence electrons. The lowest BCUT2D eigenvalue weighted by Crippen LogP contribution is -2.49. The zero-order valence-electron chi connectivity index (χ0n) is 15.6. The van der Waals surface area contributed by atoms with Crippen LogP contribution in [0.25, 0.3) is 0 Å². The first-order valence-electron chi connectivity index (χ1n) is 9.89. The highest BCUT2D eigenvalue weighted by Gasteiger charge is 2.31. The molecule has 4 nitrogen and oxygen atoms in total. The number of likely N-dealkylation sites (tertiary alicyclic amines) is 1. The van der Waals surface area contributed by atoms with Crippen LogP contribution in [0.4, 0.5) is 0 Å². The molecular weight excluding hydrogens is 336 g/mol. The van der Waals surface area contributed by atoms with Crippen molar-refractivity contribution in [3.8, 4) is 0 Å². The minimum atomic E-state index is -0.342. The zero-order valence-corrected chi connectivity index (χ0v) is 15.6. The predicted octanol–water partition coefficient (Wildman–Crippen LogP) is 3.05. The molecule has 0 aliphatic carbocycles. The van der Waals surface area contributed by atoms with E-state index in [-0.39, 0.29) is 11.8 Å². The van der Waals surface area contributed by atoms with Gasteiger partial charge in [-0.15, -0.1) is 0 Å². The number of carbonyl (C=O) groups excluding carboxylic acids is 2. The topological polar surface area (TPSA) is 40.6 Å². The van der Waals surface area contributed by atoms with Crippen molar-refractivity contribution in [1.29, 1.82) is 0 Å². The molecule has 4 rings (SSSR count). The number of fused-ring (bicyclic) bond motifs is 1. The summed E-state index contributed by atoms with van der Waals surface area (Å²) < 4.78 is 0. The molecule has 4 heteroatoms. The Balaban J connectivity index is 1.31. The summed E-state index contributed by atoms with van der Waals surface area (Å²) in [7, 11) is 0. The van der Waals surface area contributed by atoms with Gasteiger partial charge in [-0.1, -0.05) is 54.6 Å². The van der Waals surface area contributed by atoms with Gasteiger partial charge in [0.2, 0.25) is 0 Å². The van der Waals surface area contributed by atoms with E-state index in [1.807, 2.05) is 24.3 Å². The van der Waals surface area contributed by atoms with E-state index in [0.717, 1.165) is 31.2 Å². The second-order valence-corrected chi connectivity index (χ2v) is 7.67. The minimum absolute atomic E-state index is 0.326. The standard InChI is InChI=1S/C23H26N2O2/c26-22(23(27)25-15-12-20-8-4-5-9-21(20)17-25)24-13-10-19(11-14-24)16-18-6-2-1-3-7-18/h1-9,19H,10-17H2. The number of piperidine rings is 1. The molecule has 0 spiro atoms. The van der Waals surface area contributed by atoms with Gasteiger partial charge in [-0.2, -0.15) is 0 Å². The van der Waals surface area contributed by atoms with Gasteiger partial charge in [0.25, 0.3) is 0 Å². The molecule has 0 saturated carbocycles. The van der Waals surface area contributed by atoms with Gasteiger partial charge in [0, 0.05) is 26.2 Å². The summed E-state index contributed by atoms with van der Waals surface area (Å²) >= 11 is 0. The van der Waals surface area contributed by atoms with Crippen molar-refractivity contribution in [2.45, 2.75) is 32.2 Å². The third-order valence-electron chi connectivity index (χ3n) is 5.87. The molecule has 0 bridgehead atoms. The van der Waals surface area contributed by atoms with Gasteiger partial charge in [-0.05, 0) is 48.3 Å². The van der Waals surface area contributed by atoms with Crippen LogP contribution in [0.1, 0.15) is 29.5 Å². The summed E-state index contributed by atoms with van der Waals surface area (Å²) in [6.07, 6.45) is 3.82. The Morgan fingerprint density at radius 1 is 0.778 bits per heavy atom. The van der Waals surface area contributed by atoms with Gasteiger partial charge >= 0.3 is 11.8 Å². The normalized spacial score (nSPS) is 17.5. The van der Waals surface area contributed by atoms with Crippen molar-refractivity contribution in [2.24, 2.45) is 5.92 Å². The van der Waals surface area contributed by atoms with Crippen molar-refractivity contribution >= 4 is 11.8 Å². The maximum atomic E-state index is 12.7.